The lowest BCUT2D eigenvalue weighted by molar-refractivity contribution is 0.356. The summed E-state index contributed by atoms with van der Waals surface area (Å²) in [6, 6.07) is 22.8. The molecule has 0 saturated carbocycles. The smallest absolute Gasteiger partial charge is 0.228 e. The Morgan fingerprint density at radius 3 is 2.38 bits per heavy atom. The van der Waals surface area contributed by atoms with Crippen LogP contribution in [0.3, 0.4) is 0 Å². The van der Waals surface area contributed by atoms with Gasteiger partial charge < -0.3 is 19.7 Å². The second-order valence-corrected chi connectivity index (χ2v) is 7.88. The number of fused-ring (bicyclic) bond motifs is 2. The maximum Gasteiger partial charge on any atom is 0.228 e. The van der Waals surface area contributed by atoms with Crippen molar-refractivity contribution in [1.82, 2.24) is 9.97 Å². The summed E-state index contributed by atoms with van der Waals surface area (Å²) in [6.45, 7) is 2.35. The summed E-state index contributed by atoms with van der Waals surface area (Å²) in [7, 11) is 3.28. The number of anilines is 2. The number of nitrogens with zero attached hydrogens (tertiary/aromatic N) is 3. The monoisotopic (exact) mass is 426 g/mol. The molecular formula is C26H26N4O2. The predicted molar refractivity (Wildman–Crippen MR) is 128 cm³/mol. The molecule has 0 radical (unpaired) electrons. The van der Waals surface area contributed by atoms with Gasteiger partial charge in [-0.3, -0.25) is 0 Å². The van der Waals surface area contributed by atoms with Crippen molar-refractivity contribution in [3.63, 3.8) is 0 Å². The van der Waals surface area contributed by atoms with Gasteiger partial charge in [0, 0.05) is 31.1 Å². The number of hydrogen-bond donors (Lipinski definition) is 1. The summed E-state index contributed by atoms with van der Waals surface area (Å²) < 4.78 is 11.1. The highest BCUT2D eigenvalue weighted by Gasteiger charge is 2.21. The van der Waals surface area contributed by atoms with Crippen LogP contribution in [0.4, 0.5) is 11.8 Å². The number of benzene rings is 3. The molecular weight excluding hydrogens is 400 g/mol. The lowest BCUT2D eigenvalue weighted by Gasteiger charge is -2.29. The van der Waals surface area contributed by atoms with Crippen molar-refractivity contribution in [3.8, 4) is 11.5 Å². The van der Waals surface area contributed by atoms with Crippen molar-refractivity contribution in [1.29, 1.82) is 0 Å². The minimum Gasteiger partial charge on any atom is -0.493 e. The summed E-state index contributed by atoms with van der Waals surface area (Å²) in [5.41, 5.74) is 4.74. The summed E-state index contributed by atoms with van der Waals surface area (Å²) in [4.78, 5) is 12.1. The Labute approximate surface area is 187 Å². The van der Waals surface area contributed by atoms with Gasteiger partial charge in [-0.15, -0.1) is 0 Å². The Kier molecular flexibility index (Phi) is 5.50. The summed E-state index contributed by atoms with van der Waals surface area (Å²) in [5.74, 6) is 2.82. The Morgan fingerprint density at radius 1 is 0.875 bits per heavy atom. The lowest BCUT2D eigenvalue weighted by atomic mass is 10.0. The molecule has 162 valence electrons. The standard InChI is InChI=1S/C26H26N4O2/c1-31-23-14-21-22(15-24(23)32-2)28-26(29-25(21)27-16-18-8-4-3-5-9-18)30-13-12-19-10-6-7-11-20(19)17-30/h3-11,14-15H,12-13,16-17H2,1-2H3,(H,27,28,29). The molecule has 0 unspecified atom stereocenters. The van der Waals surface area contributed by atoms with Gasteiger partial charge in [-0.25, -0.2) is 4.98 Å². The Bertz CT molecular complexity index is 1240. The number of methoxy groups -OCH3 is 2. The average molecular weight is 427 g/mol. The highest BCUT2D eigenvalue weighted by Crippen LogP contribution is 2.35. The first kappa shape index (κ1) is 20.1. The van der Waals surface area contributed by atoms with Crippen LogP contribution in [0.1, 0.15) is 16.7 Å². The number of aromatic nitrogens is 2. The van der Waals surface area contributed by atoms with E-state index in [4.69, 9.17) is 19.4 Å². The zero-order valence-electron chi connectivity index (χ0n) is 18.3. The Balaban J connectivity index is 1.56. The van der Waals surface area contributed by atoms with Crippen LogP contribution in [-0.4, -0.2) is 30.7 Å². The fourth-order valence-electron chi connectivity index (χ4n) is 4.17. The van der Waals surface area contributed by atoms with E-state index in [9.17, 15) is 0 Å². The SMILES string of the molecule is COc1cc2nc(N3CCc4ccccc4C3)nc(NCc3ccccc3)c2cc1OC. The van der Waals surface area contributed by atoms with Gasteiger partial charge >= 0.3 is 0 Å². The Morgan fingerprint density at radius 2 is 1.59 bits per heavy atom. The molecule has 1 aliphatic heterocycles. The van der Waals surface area contributed by atoms with Crippen molar-refractivity contribution in [3.05, 3.63) is 83.4 Å². The van der Waals surface area contributed by atoms with Crippen LogP contribution in [0.5, 0.6) is 11.5 Å². The van der Waals surface area contributed by atoms with Crippen LogP contribution >= 0.6 is 0 Å². The molecule has 1 aromatic heterocycles. The normalized spacial score (nSPS) is 13.0. The third-order valence-corrected chi connectivity index (χ3v) is 5.91. The molecule has 32 heavy (non-hydrogen) atoms. The zero-order valence-corrected chi connectivity index (χ0v) is 18.3. The number of rotatable bonds is 6. The number of nitrogens with one attached hydrogen (secondary N) is 1. The van der Waals surface area contributed by atoms with Crippen molar-refractivity contribution >= 4 is 22.7 Å². The fourth-order valence-corrected chi connectivity index (χ4v) is 4.17. The molecule has 1 aliphatic rings. The predicted octanol–water partition coefficient (Wildman–Crippen LogP) is 4.82. The minimum atomic E-state index is 0.655. The molecule has 0 amide bonds. The maximum absolute atomic E-state index is 5.53. The fraction of sp³-hybridized carbons (Fsp3) is 0.231. The van der Waals surface area contributed by atoms with Gasteiger partial charge in [-0.2, -0.15) is 4.98 Å². The topological polar surface area (TPSA) is 59.5 Å². The Hall–Kier alpha value is -3.80. The summed E-state index contributed by atoms with van der Waals surface area (Å²) >= 11 is 0. The number of ether oxygens (including phenoxy) is 2. The van der Waals surface area contributed by atoms with Gasteiger partial charge in [0.05, 0.1) is 19.7 Å². The quantitative estimate of drug-likeness (QED) is 0.477. The first-order chi connectivity index (χ1) is 15.7. The highest BCUT2D eigenvalue weighted by molar-refractivity contribution is 5.92. The largest absolute Gasteiger partial charge is 0.493 e. The van der Waals surface area contributed by atoms with E-state index in [1.165, 1.54) is 16.7 Å². The molecule has 0 bridgehead atoms. The molecule has 5 rings (SSSR count). The molecule has 1 N–H and O–H groups in total. The molecule has 0 aliphatic carbocycles. The third-order valence-electron chi connectivity index (χ3n) is 5.91. The van der Waals surface area contributed by atoms with E-state index in [1.54, 1.807) is 14.2 Å². The van der Waals surface area contributed by atoms with E-state index >= 15 is 0 Å². The molecule has 2 heterocycles. The van der Waals surface area contributed by atoms with Gasteiger partial charge in [0.1, 0.15) is 5.82 Å². The minimum absolute atomic E-state index is 0.655. The van der Waals surface area contributed by atoms with Gasteiger partial charge in [-0.1, -0.05) is 54.6 Å². The van der Waals surface area contributed by atoms with Crippen molar-refractivity contribution < 1.29 is 9.47 Å². The number of hydrogen-bond acceptors (Lipinski definition) is 6. The van der Waals surface area contributed by atoms with Gasteiger partial charge in [0.25, 0.3) is 0 Å². The van der Waals surface area contributed by atoms with E-state index in [-0.39, 0.29) is 0 Å². The summed E-state index contributed by atoms with van der Waals surface area (Å²) in [5, 5.41) is 4.42. The van der Waals surface area contributed by atoms with Crippen molar-refractivity contribution in [2.75, 3.05) is 31.0 Å². The molecule has 6 heteroatoms. The lowest BCUT2D eigenvalue weighted by Crippen LogP contribution is -2.31. The van der Waals surface area contributed by atoms with Crippen molar-refractivity contribution in [2.24, 2.45) is 0 Å². The molecule has 3 aromatic carbocycles. The van der Waals surface area contributed by atoms with Crippen molar-refractivity contribution in [2.45, 2.75) is 19.5 Å². The van der Waals surface area contributed by atoms with Gasteiger partial charge in [-0.05, 0) is 29.2 Å². The molecule has 0 spiro atoms. The van der Waals surface area contributed by atoms with E-state index in [2.05, 4.69) is 46.6 Å². The molecule has 6 nitrogen and oxygen atoms in total. The molecule has 0 atom stereocenters. The third kappa shape index (κ3) is 3.91. The first-order valence-corrected chi connectivity index (χ1v) is 10.8. The second kappa shape index (κ2) is 8.75. The average Bonchev–Trinajstić information content (AvgIpc) is 2.86. The molecule has 0 fully saturated rings. The summed E-state index contributed by atoms with van der Waals surface area (Å²) in [6.07, 6.45) is 0.982. The van der Waals surface area contributed by atoms with Gasteiger partial charge in [0.15, 0.2) is 11.5 Å². The van der Waals surface area contributed by atoms with Crippen LogP contribution < -0.4 is 19.7 Å². The van der Waals surface area contributed by atoms with E-state index in [0.29, 0.717) is 18.0 Å². The zero-order chi connectivity index (χ0) is 21.9. The first-order valence-electron chi connectivity index (χ1n) is 10.8. The second-order valence-electron chi connectivity index (χ2n) is 7.88. The molecule has 4 aromatic rings. The van der Waals surface area contributed by atoms with Crippen LogP contribution in [0.25, 0.3) is 10.9 Å². The maximum atomic E-state index is 5.53. The van der Waals surface area contributed by atoms with E-state index in [0.717, 1.165) is 42.2 Å². The molecule has 0 saturated heterocycles. The van der Waals surface area contributed by atoms with Crippen LogP contribution in [0, 0.1) is 0 Å². The van der Waals surface area contributed by atoms with Crippen LogP contribution in [0.15, 0.2) is 66.7 Å². The van der Waals surface area contributed by atoms with Crippen LogP contribution in [-0.2, 0) is 19.5 Å². The van der Waals surface area contributed by atoms with Crippen LogP contribution in [0.2, 0.25) is 0 Å². The van der Waals surface area contributed by atoms with Gasteiger partial charge in [0.2, 0.25) is 5.95 Å². The van der Waals surface area contributed by atoms with E-state index in [1.807, 2.05) is 30.3 Å². The van der Waals surface area contributed by atoms with E-state index < -0.39 is 0 Å². The highest BCUT2D eigenvalue weighted by atomic mass is 16.5.